The van der Waals surface area contributed by atoms with Crippen molar-refractivity contribution in [3.05, 3.63) is 47.8 Å². The number of anilines is 1. The van der Waals surface area contributed by atoms with Crippen molar-refractivity contribution in [1.82, 2.24) is 4.57 Å². The summed E-state index contributed by atoms with van der Waals surface area (Å²) in [7, 11) is -2.22. The normalized spacial score (nSPS) is 14.2. The van der Waals surface area contributed by atoms with E-state index in [1.54, 1.807) is 12.1 Å². The lowest BCUT2D eigenvalue weighted by molar-refractivity contribution is 0.0686. The minimum atomic E-state index is -3.74. The second-order valence-electron chi connectivity index (χ2n) is 4.93. The number of carboxylic acid groups (broad SMARTS) is 1. The standard InChI is InChI=1S/C14H14N2O4S/c1-15-9-11(8-13(15)14(17)18)21(19,20)16-7-6-10-4-2-3-5-12(10)16/h2-5,8-9H,6-7H2,1H3,(H,17,18). The Morgan fingerprint density at radius 2 is 2.00 bits per heavy atom. The smallest absolute Gasteiger partial charge is 0.352 e. The van der Waals surface area contributed by atoms with Crippen LogP contribution in [0.1, 0.15) is 16.1 Å². The van der Waals surface area contributed by atoms with Gasteiger partial charge in [0.25, 0.3) is 10.0 Å². The molecule has 21 heavy (non-hydrogen) atoms. The number of carboxylic acids is 1. The third-order valence-electron chi connectivity index (χ3n) is 3.63. The molecule has 2 aromatic rings. The number of benzene rings is 1. The summed E-state index contributed by atoms with van der Waals surface area (Å²) >= 11 is 0. The van der Waals surface area contributed by atoms with Crippen molar-refractivity contribution in [2.24, 2.45) is 7.05 Å². The van der Waals surface area contributed by atoms with E-state index < -0.39 is 16.0 Å². The summed E-state index contributed by atoms with van der Waals surface area (Å²) in [6.45, 7) is 0.374. The highest BCUT2D eigenvalue weighted by atomic mass is 32.2. The van der Waals surface area contributed by atoms with Crippen molar-refractivity contribution in [1.29, 1.82) is 0 Å². The van der Waals surface area contributed by atoms with E-state index >= 15 is 0 Å². The Hall–Kier alpha value is -2.28. The van der Waals surface area contributed by atoms with Crippen molar-refractivity contribution in [2.75, 3.05) is 10.8 Å². The molecule has 1 aromatic carbocycles. The minimum Gasteiger partial charge on any atom is -0.477 e. The molecule has 0 spiro atoms. The van der Waals surface area contributed by atoms with Crippen LogP contribution in [-0.4, -0.2) is 30.6 Å². The highest BCUT2D eigenvalue weighted by Gasteiger charge is 2.32. The molecular formula is C14H14N2O4S. The van der Waals surface area contributed by atoms with Gasteiger partial charge in [0.2, 0.25) is 0 Å². The molecule has 1 aliphatic heterocycles. The zero-order valence-corrected chi connectivity index (χ0v) is 12.2. The van der Waals surface area contributed by atoms with Gasteiger partial charge in [-0.1, -0.05) is 18.2 Å². The number of para-hydroxylation sites is 1. The summed E-state index contributed by atoms with van der Waals surface area (Å²) in [5.74, 6) is -1.15. The number of nitrogens with zero attached hydrogens (tertiary/aromatic N) is 2. The van der Waals surface area contributed by atoms with E-state index in [4.69, 9.17) is 5.11 Å². The molecule has 0 aliphatic carbocycles. The molecule has 3 rings (SSSR count). The Labute approximate surface area is 122 Å². The lowest BCUT2D eigenvalue weighted by Crippen LogP contribution is -2.28. The van der Waals surface area contributed by atoms with Crippen LogP contribution in [-0.2, 0) is 23.5 Å². The zero-order chi connectivity index (χ0) is 15.2. The first-order valence-corrected chi connectivity index (χ1v) is 7.85. The molecule has 110 valence electrons. The first-order chi connectivity index (χ1) is 9.91. The molecule has 1 aromatic heterocycles. The van der Waals surface area contributed by atoms with Gasteiger partial charge in [0.15, 0.2) is 0 Å². The van der Waals surface area contributed by atoms with E-state index in [-0.39, 0.29) is 10.6 Å². The average Bonchev–Trinajstić information content (AvgIpc) is 3.02. The number of aromatic nitrogens is 1. The molecule has 0 radical (unpaired) electrons. The van der Waals surface area contributed by atoms with Crippen LogP contribution < -0.4 is 4.31 Å². The number of aromatic carboxylic acids is 1. The molecule has 1 N–H and O–H groups in total. The Morgan fingerprint density at radius 1 is 1.29 bits per heavy atom. The third-order valence-corrected chi connectivity index (χ3v) is 5.41. The second kappa shape index (κ2) is 4.63. The van der Waals surface area contributed by atoms with Gasteiger partial charge in [-0.3, -0.25) is 4.31 Å². The third kappa shape index (κ3) is 2.09. The van der Waals surface area contributed by atoms with Crippen molar-refractivity contribution < 1.29 is 18.3 Å². The van der Waals surface area contributed by atoms with Gasteiger partial charge in [0.1, 0.15) is 10.6 Å². The Morgan fingerprint density at radius 3 is 2.67 bits per heavy atom. The lowest BCUT2D eigenvalue weighted by Gasteiger charge is -2.18. The molecule has 6 nitrogen and oxygen atoms in total. The molecule has 1 aliphatic rings. The molecular weight excluding hydrogens is 292 g/mol. The number of fused-ring (bicyclic) bond motifs is 1. The van der Waals surface area contributed by atoms with Crippen LogP contribution in [0, 0.1) is 0 Å². The summed E-state index contributed by atoms with van der Waals surface area (Å²) in [6, 6.07) is 8.53. The molecule has 0 unspecified atom stereocenters. The SMILES string of the molecule is Cn1cc(S(=O)(=O)N2CCc3ccccc32)cc1C(=O)O. The van der Waals surface area contributed by atoms with Crippen LogP contribution in [0.25, 0.3) is 0 Å². The van der Waals surface area contributed by atoms with E-state index in [1.807, 2.05) is 12.1 Å². The summed E-state index contributed by atoms with van der Waals surface area (Å²) in [4.78, 5) is 11.1. The average molecular weight is 306 g/mol. The van der Waals surface area contributed by atoms with E-state index in [2.05, 4.69) is 0 Å². The molecule has 0 saturated carbocycles. The fraction of sp³-hybridized carbons (Fsp3) is 0.214. The van der Waals surface area contributed by atoms with Gasteiger partial charge < -0.3 is 9.67 Å². The predicted octanol–water partition coefficient (Wildman–Crippen LogP) is 1.47. The Kier molecular flexibility index (Phi) is 3.02. The number of hydrogen-bond acceptors (Lipinski definition) is 3. The quantitative estimate of drug-likeness (QED) is 0.931. The first-order valence-electron chi connectivity index (χ1n) is 6.41. The molecule has 0 saturated heterocycles. The number of hydrogen-bond donors (Lipinski definition) is 1. The number of aryl methyl sites for hydroxylation is 1. The minimum absolute atomic E-state index is 0.000830. The predicted molar refractivity (Wildman–Crippen MR) is 77.1 cm³/mol. The topological polar surface area (TPSA) is 79.6 Å². The summed E-state index contributed by atoms with van der Waals surface area (Å²) in [5.41, 5.74) is 1.59. The Bertz CT molecular complexity index is 823. The number of carbonyl (C=O) groups is 1. The van der Waals surface area contributed by atoms with E-state index in [9.17, 15) is 13.2 Å². The molecule has 2 heterocycles. The molecule has 0 atom stereocenters. The van der Waals surface area contributed by atoms with Crippen LogP contribution in [0.2, 0.25) is 0 Å². The van der Waals surface area contributed by atoms with Crippen LogP contribution in [0.15, 0.2) is 41.4 Å². The van der Waals surface area contributed by atoms with Crippen molar-refractivity contribution >= 4 is 21.7 Å². The van der Waals surface area contributed by atoms with Crippen LogP contribution in [0.5, 0.6) is 0 Å². The van der Waals surface area contributed by atoms with Crippen molar-refractivity contribution in [3.63, 3.8) is 0 Å². The fourth-order valence-corrected chi connectivity index (χ4v) is 4.15. The van der Waals surface area contributed by atoms with Gasteiger partial charge in [0.05, 0.1) is 5.69 Å². The summed E-state index contributed by atoms with van der Waals surface area (Å²) < 4.78 is 28.0. The van der Waals surface area contributed by atoms with Gasteiger partial charge in [-0.05, 0) is 24.1 Å². The maximum Gasteiger partial charge on any atom is 0.352 e. The lowest BCUT2D eigenvalue weighted by atomic mass is 10.2. The van der Waals surface area contributed by atoms with Gasteiger partial charge >= 0.3 is 5.97 Å². The van der Waals surface area contributed by atoms with E-state index in [0.717, 1.165) is 5.56 Å². The molecule has 0 fully saturated rings. The zero-order valence-electron chi connectivity index (χ0n) is 11.4. The Balaban J connectivity index is 2.06. The molecule has 7 heteroatoms. The maximum absolute atomic E-state index is 12.7. The molecule has 0 bridgehead atoms. The van der Waals surface area contributed by atoms with Crippen molar-refractivity contribution in [3.8, 4) is 0 Å². The fourth-order valence-electron chi connectivity index (χ4n) is 2.57. The highest BCUT2D eigenvalue weighted by molar-refractivity contribution is 7.92. The van der Waals surface area contributed by atoms with Gasteiger partial charge in [-0.25, -0.2) is 13.2 Å². The maximum atomic E-state index is 12.7. The molecule has 0 amide bonds. The monoisotopic (exact) mass is 306 g/mol. The van der Waals surface area contributed by atoms with Crippen LogP contribution in [0.4, 0.5) is 5.69 Å². The number of sulfonamides is 1. The van der Waals surface area contributed by atoms with E-state index in [0.29, 0.717) is 18.7 Å². The van der Waals surface area contributed by atoms with Gasteiger partial charge in [-0.15, -0.1) is 0 Å². The second-order valence-corrected chi connectivity index (χ2v) is 6.80. The van der Waals surface area contributed by atoms with Crippen LogP contribution >= 0.6 is 0 Å². The van der Waals surface area contributed by atoms with Crippen molar-refractivity contribution in [2.45, 2.75) is 11.3 Å². The highest BCUT2D eigenvalue weighted by Crippen LogP contribution is 2.32. The largest absolute Gasteiger partial charge is 0.477 e. The number of rotatable bonds is 3. The van der Waals surface area contributed by atoms with Gasteiger partial charge in [0, 0.05) is 19.8 Å². The summed E-state index contributed by atoms with van der Waals surface area (Å²) in [5, 5.41) is 9.04. The van der Waals surface area contributed by atoms with Crippen LogP contribution in [0.3, 0.4) is 0 Å². The summed E-state index contributed by atoms with van der Waals surface area (Å²) in [6.07, 6.45) is 1.99. The van der Waals surface area contributed by atoms with E-state index in [1.165, 1.54) is 28.2 Å². The van der Waals surface area contributed by atoms with Gasteiger partial charge in [-0.2, -0.15) is 0 Å². The first kappa shape index (κ1) is 13.7.